The van der Waals surface area contributed by atoms with E-state index in [2.05, 4.69) is 23.3 Å². The molecule has 0 aromatic heterocycles. The number of halogens is 3. The Labute approximate surface area is 229 Å². The number of hydrogen-bond donors (Lipinski definition) is 1. The van der Waals surface area contributed by atoms with E-state index in [1.165, 1.54) is 12.1 Å². The fourth-order valence-electron chi connectivity index (χ4n) is 5.44. The average Bonchev–Trinajstić information content (AvgIpc) is 2.83. The summed E-state index contributed by atoms with van der Waals surface area (Å²) >= 11 is 0. The van der Waals surface area contributed by atoms with Gasteiger partial charge in [0, 0.05) is 32.1 Å². The van der Waals surface area contributed by atoms with Crippen LogP contribution in [0.1, 0.15) is 77.0 Å². The second-order valence-electron chi connectivity index (χ2n) is 11.7. The molecule has 6 nitrogen and oxygen atoms in total. The predicted molar refractivity (Wildman–Crippen MR) is 143 cm³/mol. The van der Waals surface area contributed by atoms with Crippen molar-refractivity contribution in [2.24, 2.45) is 11.8 Å². The number of aliphatic carboxylic acids is 1. The molecule has 2 fully saturated rings. The van der Waals surface area contributed by atoms with E-state index in [4.69, 9.17) is 4.74 Å². The van der Waals surface area contributed by atoms with E-state index in [-0.39, 0.29) is 36.4 Å². The van der Waals surface area contributed by atoms with Crippen molar-refractivity contribution < 1.29 is 32.6 Å². The normalized spacial score (nSPS) is 22.0. The van der Waals surface area contributed by atoms with E-state index >= 15 is 0 Å². The van der Waals surface area contributed by atoms with Crippen molar-refractivity contribution in [3.8, 4) is 11.8 Å². The molecule has 2 aliphatic rings. The first-order valence-corrected chi connectivity index (χ1v) is 13.4. The second kappa shape index (κ2) is 12.5. The highest BCUT2D eigenvalue weighted by molar-refractivity contribution is 5.68. The van der Waals surface area contributed by atoms with Crippen LogP contribution in [0.25, 0.3) is 0 Å². The largest absolute Gasteiger partial charge is 0.481 e. The minimum absolute atomic E-state index is 0.0152. The number of rotatable bonds is 5. The number of benzene rings is 1. The Balaban J connectivity index is 1.88. The lowest BCUT2D eigenvalue weighted by atomic mass is 9.81. The maximum absolute atomic E-state index is 13.2. The number of amides is 1. The second-order valence-corrected chi connectivity index (χ2v) is 11.7. The van der Waals surface area contributed by atoms with Crippen molar-refractivity contribution in [2.45, 2.75) is 83.7 Å². The summed E-state index contributed by atoms with van der Waals surface area (Å²) in [6.45, 7) is 12.8. The summed E-state index contributed by atoms with van der Waals surface area (Å²) in [5, 5.41) is 9.40. The van der Waals surface area contributed by atoms with Crippen LogP contribution in [0.2, 0.25) is 0 Å². The summed E-state index contributed by atoms with van der Waals surface area (Å²) in [5.74, 6) is 5.64. The Kier molecular flexibility index (Phi) is 9.76. The first-order chi connectivity index (χ1) is 18.1. The molecule has 2 heterocycles. The molecule has 0 bridgehead atoms. The highest BCUT2D eigenvalue weighted by Crippen LogP contribution is 2.41. The maximum atomic E-state index is 13.2. The number of carboxylic acids is 1. The van der Waals surface area contributed by atoms with E-state index in [1.54, 1.807) is 4.90 Å². The molecule has 39 heavy (non-hydrogen) atoms. The number of hydrogen-bond acceptors (Lipinski definition) is 4. The molecule has 214 valence electrons. The molecule has 1 N–H and O–H groups in total. The van der Waals surface area contributed by atoms with Gasteiger partial charge in [0.1, 0.15) is 5.60 Å². The van der Waals surface area contributed by atoms with Crippen LogP contribution in [0.15, 0.2) is 36.4 Å². The van der Waals surface area contributed by atoms with Gasteiger partial charge in [-0.05, 0) is 88.5 Å². The van der Waals surface area contributed by atoms with Gasteiger partial charge in [0.25, 0.3) is 0 Å². The summed E-state index contributed by atoms with van der Waals surface area (Å²) in [7, 11) is 0. The number of carbonyl (C=O) groups is 2. The smallest absolute Gasteiger partial charge is 0.416 e. The molecule has 0 aliphatic carbocycles. The molecule has 0 spiro atoms. The van der Waals surface area contributed by atoms with Gasteiger partial charge in [-0.2, -0.15) is 13.2 Å². The number of alkyl halides is 3. The van der Waals surface area contributed by atoms with Crippen LogP contribution in [0.5, 0.6) is 0 Å². The van der Waals surface area contributed by atoms with E-state index in [9.17, 15) is 27.9 Å². The molecule has 3 rings (SSSR count). The van der Waals surface area contributed by atoms with Crippen molar-refractivity contribution in [3.05, 3.63) is 47.5 Å². The first kappa shape index (κ1) is 30.6. The Morgan fingerprint density at radius 1 is 1.10 bits per heavy atom. The number of piperidine rings is 2. The summed E-state index contributed by atoms with van der Waals surface area (Å²) < 4.78 is 45.2. The number of nitrogens with zero attached hydrogens (tertiary/aromatic N) is 2. The summed E-state index contributed by atoms with van der Waals surface area (Å²) in [6.07, 6.45) is -2.20. The Hall–Kier alpha value is -2.99. The fourth-order valence-corrected chi connectivity index (χ4v) is 5.44. The third-order valence-corrected chi connectivity index (χ3v) is 7.27. The Bertz CT molecular complexity index is 1090. The summed E-state index contributed by atoms with van der Waals surface area (Å²) in [5.41, 5.74) is 0.117. The van der Waals surface area contributed by atoms with Gasteiger partial charge in [-0.3, -0.25) is 9.69 Å². The van der Waals surface area contributed by atoms with E-state index < -0.39 is 23.3 Å². The molecular formula is C30H39F3N2O4. The van der Waals surface area contributed by atoms with Gasteiger partial charge >= 0.3 is 18.2 Å². The zero-order valence-electron chi connectivity index (χ0n) is 23.2. The number of ether oxygens (including phenoxy) is 1. The number of allylic oxidation sites excluding steroid dienone is 1. The van der Waals surface area contributed by atoms with Gasteiger partial charge in [-0.1, -0.05) is 30.6 Å². The van der Waals surface area contributed by atoms with Crippen molar-refractivity contribution in [2.75, 3.05) is 19.6 Å². The van der Waals surface area contributed by atoms with E-state index in [1.807, 2.05) is 27.7 Å². The minimum Gasteiger partial charge on any atom is -0.481 e. The standard InChI is InChI=1S/C30H39F3N2O4/c1-20(2)6-11-25(23-13-15-34(16-14-23)28(38)39-29(3,4)5)35-17-12-21(19-27(36)37)18-26(35)22-7-9-24(10-8-22)30(31,32)33/h7-10,21,23,25-26H,1,12-19H2,2-5H3,(H,36,37)/t21-,25-,26+/m1/s1. The summed E-state index contributed by atoms with van der Waals surface area (Å²) in [4.78, 5) is 28.0. The molecule has 2 aliphatic heterocycles. The van der Waals surface area contributed by atoms with Gasteiger partial charge in [-0.15, -0.1) is 0 Å². The monoisotopic (exact) mass is 548 g/mol. The first-order valence-electron chi connectivity index (χ1n) is 13.4. The molecule has 3 atom stereocenters. The highest BCUT2D eigenvalue weighted by atomic mass is 19.4. The number of carbonyl (C=O) groups excluding carboxylic acids is 1. The molecule has 0 radical (unpaired) electrons. The van der Waals surface area contributed by atoms with Gasteiger partial charge in [0.2, 0.25) is 0 Å². The lowest BCUT2D eigenvalue weighted by molar-refractivity contribution is -0.139. The molecule has 2 saturated heterocycles. The van der Waals surface area contributed by atoms with Crippen molar-refractivity contribution in [1.82, 2.24) is 9.80 Å². The quantitative estimate of drug-likeness (QED) is 0.424. The predicted octanol–water partition coefficient (Wildman–Crippen LogP) is 6.53. The SMILES string of the molecule is C=C(C)C#C[C@H](C1CCN(C(=O)OC(C)(C)C)CC1)N1CC[C@@H](CC(=O)O)C[C@H]1c1ccc(C(F)(F)F)cc1. The fraction of sp³-hybridized carbons (Fsp3) is 0.600. The number of likely N-dealkylation sites (tertiary alicyclic amines) is 2. The van der Waals surface area contributed by atoms with Crippen LogP contribution < -0.4 is 0 Å². The van der Waals surface area contributed by atoms with Gasteiger partial charge in [0.05, 0.1) is 11.6 Å². The van der Waals surface area contributed by atoms with Crippen LogP contribution in [-0.4, -0.2) is 58.2 Å². The van der Waals surface area contributed by atoms with Crippen molar-refractivity contribution >= 4 is 12.1 Å². The topological polar surface area (TPSA) is 70.1 Å². The van der Waals surface area contributed by atoms with Crippen LogP contribution in [0.3, 0.4) is 0 Å². The molecule has 0 unspecified atom stereocenters. The van der Waals surface area contributed by atoms with Crippen LogP contribution in [0, 0.1) is 23.7 Å². The van der Waals surface area contributed by atoms with Crippen LogP contribution in [0.4, 0.5) is 18.0 Å². The van der Waals surface area contributed by atoms with Gasteiger partial charge < -0.3 is 14.7 Å². The maximum Gasteiger partial charge on any atom is 0.416 e. The average molecular weight is 549 g/mol. The van der Waals surface area contributed by atoms with Crippen molar-refractivity contribution in [3.63, 3.8) is 0 Å². The highest BCUT2D eigenvalue weighted by Gasteiger charge is 2.39. The van der Waals surface area contributed by atoms with Crippen molar-refractivity contribution in [1.29, 1.82) is 0 Å². The third-order valence-electron chi connectivity index (χ3n) is 7.27. The van der Waals surface area contributed by atoms with Crippen LogP contribution >= 0.6 is 0 Å². The van der Waals surface area contributed by atoms with Gasteiger partial charge in [0.15, 0.2) is 0 Å². The molecule has 9 heteroatoms. The zero-order valence-corrected chi connectivity index (χ0v) is 23.2. The Morgan fingerprint density at radius 3 is 2.23 bits per heavy atom. The molecule has 0 saturated carbocycles. The molecule has 1 aromatic carbocycles. The Morgan fingerprint density at radius 2 is 1.72 bits per heavy atom. The molecule has 1 amide bonds. The molecular weight excluding hydrogens is 509 g/mol. The van der Waals surface area contributed by atoms with E-state index in [0.29, 0.717) is 56.5 Å². The summed E-state index contributed by atoms with van der Waals surface area (Å²) in [6, 6.07) is 4.67. The lowest BCUT2D eigenvalue weighted by Crippen LogP contribution is -2.50. The van der Waals surface area contributed by atoms with Gasteiger partial charge in [-0.25, -0.2) is 4.79 Å². The number of carboxylic acid groups (broad SMARTS) is 1. The minimum atomic E-state index is -4.44. The third kappa shape index (κ3) is 8.76. The lowest BCUT2D eigenvalue weighted by Gasteiger charge is -2.46. The van der Waals surface area contributed by atoms with Crippen LogP contribution in [-0.2, 0) is 15.7 Å². The zero-order chi connectivity index (χ0) is 29.0. The van der Waals surface area contributed by atoms with E-state index in [0.717, 1.165) is 12.1 Å². The molecule has 1 aromatic rings.